The molecule has 0 fully saturated rings. The maximum Gasteiger partial charge on any atom is 0.321 e. The first-order chi connectivity index (χ1) is 9.36. The van der Waals surface area contributed by atoms with Gasteiger partial charge in [0, 0.05) is 6.54 Å². The van der Waals surface area contributed by atoms with Gasteiger partial charge in [-0.15, -0.1) is 0 Å². The lowest BCUT2D eigenvalue weighted by molar-refractivity contribution is -0.139. The molecule has 1 aromatic carbocycles. The van der Waals surface area contributed by atoms with Gasteiger partial charge >= 0.3 is 5.97 Å². The van der Waals surface area contributed by atoms with E-state index in [0.717, 1.165) is 6.07 Å². The molecule has 0 aliphatic carbocycles. The monoisotopic (exact) mass is 343 g/mol. The summed E-state index contributed by atoms with van der Waals surface area (Å²) in [6.45, 7) is 1.54. The second-order valence-corrected chi connectivity index (χ2v) is 5.46. The van der Waals surface area contributed by atoms with Gasteiger partial charge in [-0.1, -0.05) is 15.9 Å². The zero-order valence-corrected chi connectivity index (χ0v) is 12.4. The second-order valence-electron chi connectivity index (χ2n) is 4.35. The number of carbonyl (C=O) groups excluding carboxylic acids is 3. The molecule has 1 aliphatic heterocycles. The number of ether oxygens (including phenoxy) is 1. The molecule has 7 heteroatoms. The Morgan fingerprint density at radius 1 is 1.45 bits per heavy atom. The van der Waals surface area contributed by atoms with Gasteiger partial charge in [0.15, 0.2) is 0 Å². The van der Waals surface area contributed by atoms with Crippen molar-refractivity contribution in [2.75, 3.05) is 18.6 Å². The predicted octanol–water partition coefficient (Wildman–Crippen LogP) is 1.60. The Hall–Kier alpha value is -1.76. The van der Waals surface area contributed by atoms with E-state index < -0.39 is 28.3 Å². The maximum absolute atomic E-state index is 13.3. The third-order valence-corrected chi connectivity index (χ3v) is 3.68. The van der Waals surface area contributed by atoms with Crippen molar-refractivity contribution in [1.29, 1.82) is 0 Å². The largest absolute Gasteiger partial charge is 0.468 e. The molecule has 0 saturated carbocycles. The molecule has 1 atom stereocenters. The van der Waals surface area contributed by atoms with Gasteiger partial charge in [-0.25, -0.2) is 4.39 Å². The summed E-state index contributed by atoms with van der Waals surface area (Å²) in [5, 5.41) is 0. The molecule has 1 aliphatic rings. The first-order valence-electron chi connectivity index (χ1n) is 5.75. The highest BCUT2D eigenvalue weighted by atomic mass is 79.9. The van der Waals surface area contributed by atoms with E-state index in [-0.39, 0.29) is 12.1 Å². The summed E-state index contributed by atoms with van der Waals surface area (Å²) in [5.41, 5.74) is 0.829. The summed E-state index contributed by atoms with van der Waals surface area (Å²) in [6, 6.07) is 2.27. The Kier molecular flexibility index (Phi) is 3.89. The van der Waals surface area contributed by atoms with Crippen LogP contribution in [0.3, 0.4) is 0 Å². The van der Waals surface area contributed by atoms with Crippen LogP contribution in [-0.2, 0) is 14.3 Å². The summed E-state index contributed by atoms with van der Waals surface area (Å²) in [4.78, 5) is 35.6. The van der Waals surface area contributed by atoms with Crippen molar-refractivity contribution in [3.63, 3.8) is 0 Å². The van der Waals surface area contributed by atoms with Crippen LogP contribution in [0.25, 0.3) is 0 Å². The molecule has 0 bridgehead atoms. The van der Waals surface area contributed by atoms with Gasteiger partial charge in [0.2, 0.25) is 0 Å². The van der Waals surface area contributed by atoms with E-state index >= 15 is 0 Å². The number of rotatable bonds is 3. The van der Waals surface area contributed by atoms with Gasteiger partial charge in [-0.05, 0) is 24.6 Å². The molecule has 0 radical (unpaired) electrons. The van der Waals surface area contributed by atoms with Crippen LogP contribution in [0.5, 0.6) is 0 Å². The highest BCUT2D eigenvalue weighted by molar-refractivity contribution is 9.10. The zero-order valence-electron chi connectivity index (χ0n) is 10.8. The van der Waals surface area contributed by atoms with Crippen molar-refractivity contribution >= 4 is 39.3 Å². The van der Waals surface area contributed by atoms with Crippen LogP contribution in [0.15, 0.2) is 12.1 Å². The van der Waals surface area contributed by atoms with Crippen LogP contribution in [0.2, 0.25) is 0 Å². The number of carbonyl (C=O) groups is 3. The van der Waals surface area contributed by atoms with Crippen LogP contribution in [0, 0.1) is 12.7 Å². The van der Waals surface area contributed by atoms with E-state index in [0.29, 0.717) is 11.3 Å². The number of benzene rings is 1. The van der Waals surface area contributed by atoms with Gasteiger partial charge in [0.1, 0.15) is 10.6 Å². The minimum absolute atomic E-state index is 0.0251. The van der Waals surface area contributed by atoms with Crippen molar-refractivity contribution in [2.24, 2.45) is 0 Å². The molecule has 5 nitrogen and oxygen atoms in total. The van der Waals surface area contributed by atoms with Gasteiger partial charge in [-0.2, -0.15) is 0 Å². The van der Waals surface area contributed by atoms with Crippen LogP contribution >= 0.6 is 15.9 Å². The summed E-state index contributed by atoms with van der Waals surface area (Å²) < 4.78 is 17.9. The number of esters is 1. The molecule has 1 heterocycles. The van der Waals surface area contributed by atoms with Crippen LogP contribution in [0.4, 0.5) is 10.1 Å². The normalized spacial score (nSPS) is 15.3. The van der Waals surface area contributed by atoms with Crippen LogP contribution in [-0.4, -0.2) is 36.1 Å². The van der Waals surface area contributed by atoms with E-state index in [4.69, 9.17) is 0 Å². The number of hydrogen-bond acceptors (Lipinski definition) is 4. The fourth-order valence-electron chi connectivity index (χ4n) is 2.14. The molecule has 1 amide bonds. The smallest absolute Gasteiger partial charge is 0.321 e. The fraction of sp³-hybridized carbons (Fsp3) is 0.308. The van der Waals surface area contributed by atoms with E-state index in [1.807, 2.05) is 0 Å². The first kappa shape index (κ1) is 14.6. The second kappa shape index (κ2) is 5.32. The number of hydrogen-bond donors (Lipinski definition) is 0. The molecule has 2 rings (SSSR count). The predicted molar refractivity (Wildman–Crippen MR) is 72.6 cm³/mol. The Morgan fingerprint density at radius 2 is 2.10 bits per heavy atom. The number of aryl methyl sites for hydroxylation is 1. The number of fused-ring (bicyclic) bond motifs is 1. The van der Waals surface area contributed by atoms with Gasteiger partial charge < -0.3 is 9.64 Å². The summed E-state index contributed by atoms with van der Waals surface area (Å²) in [5.74, 6) is -2.68. The molecule has 0 N–H and O–H groups in total. The molecule has 0 saturated heterocycles. The summed E-state index contributed by atoms with van der Waals surface area (Å²) >= 11 is 3.10. The molecule has 1 aromatic rings. The van der Waals surface area contributed by atoms with Gasteiger partial charge in [0.05, 0.1) is 18.4 Å². The molecule has 0 aromatic heterocycles. The zero-order chi connectivity index (χ0) is 15.0. The lowest BCUT2D eigenvalue weighted by Crippen LogP contribution is -2.38. The van der Waals surface area contributed by atoms with Crippen molar-refractivity contribution in [3.05, 3.63) is 29.1 Å². The maximum atomic E-state index is 13.3. The minimum atomic E-state index is -0.776. The molecule has 20 heavy (non-hydrogen) atoms. The number of anilines is 1. The van der Waals surface area contributed by atoms with E-state index in [1.165, 1.54) is 18.1 Å². The highest BCUT2D eigenvalue weighted by Gasteiger charge is 2.39. The lowest BCUT2D eigenvalue weighted by Gasteiger charge is -2.20. The Balaban J connectivity index is 2.41. The highest BCUT2D eigenvalue weighted by Crippen LogP contribution is 2.33. The Labute approximate surface area is 122 Å². The molecule has 0 spiro atoms. The van der Waals surface area contributed by atoms with Crippen molar-refractivity contribution in [3.8, 4) is 0 Å². The molecular weight excluding hydrogens is 333 g/mol. The fourth-order valence-corrected chi connectivity index (χ4v) is 2.62. The third-order valence-electron chi connectivity index (χ3n) is 3.02. The third kappa shape index (κ3) is 2.33. The average Bonchev–Trinajstić information content (AvgIpc) is 2.63. The minimum Gasteiger partial charge on any atom is -0.468 e. The van der Waals surface area contributed by atoms with Crippen LogP contribution in [0.1, 0.15) is 15.9 Å². The quantitative estimate of drug-likeness (QED) is 0.475. The number of halogens is 2. The standard InChI is InChI=1S/C13H11BrFNO4/c1-6-3-7(15)4-8-10(6)16(12(18)11(8)17)5-9(14)13(19)20-2/h3-4,9H,5H2,1-2H3. The number of Topliss-reactive ketones (excluding diaryl/α,β-unsaturated/α-hetero) is 1. The number of amides is 1. The number of ketones is 1. The molecule has 1 unspecified atom stereocenters. The van der Waals surface area contributed by atoms with Crippen molar-refractivity contribution in [1.82, 2.24) is 0 Å². The van der Waals surface area contributed by atoms with Crippen molar-refractivity contribution < 1.29 is 23.5 Å². The Morgan fingerprint density at radius 3 is 2.70 bits per heavy atom. The average molecular weight is 344 g/mol. The SMILES string of the molecule is COC(=O)C(Br)CN1C(=O)C(=O)c2cc(F)cc(C)c21. The topological polar surface area (TPSA) is 63.7 Å². The number of nitrogens with zero attached hydrogens (tertiary/aromatic N) is 1. The number of alkyl halides is 1. The van der Waals surface area contributed by atoms with E-state index in [2.05, 4.69) is 20.7 Å². The number of methoxy groups -OCH3 is 1. The lowest BCUT2D eigenvalue weighted by atomic mass is 10.1. The van der Waals surface area contributed by atoms with E-state index in [1.54, 1.807) is 6.92 Å². The van der Waals surface area contributed by atoms with Crippen LogP contribution < -0.4 is 4.90 Å². The van der Waals surface area contributed by atoms with Gasteiger partial charge in [-0.3, -0.25) is 14.4 Å². The first-order valence-corrected chi connectivity index (χ1v) is 6.66. The van der Waals surface area contributed by atoms with Gasteiger partial charge in [0.25, 0.3) is 11.7 Å². The Bertz CT molecular complexity index is 617. The van der Waals surface area contributed by atoms with Crippen molar-refractivity contribution in [2.45, 2.75) is 11.8 Å². The molecule has 106 valence electrons. The summed E-state index contributed by atoms with van der Waals surface area (Å²) in [7, 11) is 1.22. The molecular formula is C13H11BrFNO4. The van der Waals surface area contributed by atoms with E-state index in [9.17, 15) is 18.8 Å². The summed E-state index contributed by atoms with van der Waals surface area (Å²) in [6.07, 6.45) is 0.